The van der Waals surface area contributed by atoms with Crippen molar-refractivity contribution < 1.29 is 24.6 Å². The van der Waals surface area contributed by atoms with Gasteiger partial charge in [-0.2, -0.15) is 5.10 Å². The lowest BCUT2D eigenvalue weighted by Gasteiger charge is -2.11. The summed E-state index contributed by atoms with van der Waals surface area (Å²) in [6, 6.07) is 22.2. The van der Waals surface area contributed by atoms with Gasteiger partial charge in [-0.1, -0.05) is 54.6 Å². The van der Waals surface area contributed by atoms with E-state index in [0.717, 1.165) is 22.0 Å². The molecule has 1 atom stereocenters. The van der Waals surface area contributed by atoms with Crippen molar-refractivity contribution in [2.45, 2.75) is 18.9 Å². The van der Waals surface area contributed by atoms with Gasteiger partial charge in [0.25, 0.3) is 0 Å². The smallest absolute Gasteiger partial charge is 0.326 e. The molecule has 8 heteroatoms. The summed E-state index contributed by atoms with van der Waals surface area (Å²) in [7, 11) is 0. The van der Waals surface area contributed by atoms with Crippen molar-refractivity contribution in [1.82, 2.24) is 15.1 Å². The van der Waals surface area contributed by atoms with Gasteiger partial charge in [0.15, 0.2) is 0 Å². The summed E-state index contributed by atoms with van der Waals surface area (Å²) in [6.45, 7) is 0. The molecule has 0 unspecified atom stereocenters. The molecule has 0 aliphatic heterocycles. The maximum atomic E-state index is 12.4. The first-order valence-electron chi connectivity index (χ1n) is 11.0. The number of nitrogens with zero attached hydrogens (tertiary/aromatic N) is 2. The summed E-state index contributed by atoms with van der Waals surface area (Å²) in [5.41, 5.74) is 3.03. The Bertz CT molecular complexity index is 1410. The molecule has 176 valence electrons. The molecule has 0 fully saturated rings. The van der Waals surface area contributed by atoms with Gasteiger partial charge in [-0.15, -0.1) is 0 Å². The van der Waals surface area contributed by atoms with Crippen molar-refractivity contribution in [3.05, 3.63) is 90.6 Å². The van der Waals surface area contributed by atoms with Crippen LogP contribution < -0.4 is 5.32 Å². The highest BCUT2D eigenvalue weighted by atomic mass is 16.4. The molecular formula is C27H23N3O5. The van der Waals surface area contributed by atoms with Crippen LogP contribution >= 0.6 is 0 Å². The lowest BCUT2D eigenvalue weighted by Crippen LogP contribution is -2.40. The van der Waals surface area contributed by atoms with Gasteiger partial charge in [0.05, 0.1) is 11.4 Å². The van der Waals surface area contributed by atoms with E-state index in [0.29, 0.717) is 11.3 Å². The lowest BCUT2D eigenvalue weighted by atomic mass is 10.0. The number of nitrogens with one attached hydrogen (secondary N) is 1. The van der Waals surface area contributed by atoms with Crippen LogP contribution in [0.2, 0.25) is 0 Å². The molecule has 0 radical (unpaired) electrons. The summed E-state index contributed by atoms with van der Waals surface area (Å²) in [4.78, 5) is 34.6. The molecule has 0 saturated heterocycles. The fourth-order valence-corrected chi connectivity index (χ4v) is 3.69. The molecule has 4 aromatic rings. The highest BCUT2D eigenvalue weighted by Gasteiger charge is 2.20. The predicted molar refractivity (Wildman–Crippen MR) is 132 cm³/mol. The first kappa shape index (κ1) is 23.4. The molecule has 0 saturated carbocycles. The number of carbonyl (C=O) groups excluding carboxylic acids is 1. The number of aromatic nitrogens is 2. The van der Waals surface area contributed by atoms with Gasteiger partial charge >= 0.3 is 11.9 Å². The van der Waals surface area contributed by atoms with E-state index in [1.54, 1.807) is 17.0 Å². The number of hydrogen-bond acceptors (Lipinski definition) is 4. The zero-order valence-corrected chi connectivity index (χ0v) is 18.7. The van der Waals surface area contributed by atoms with E-state index in [1.165, 1.54) is 6.08 Å². The maximum Gasteiger partial charge on any atom is 0.326 e. The number of para-hydroxylation sites is 1. The molecular weight excluding hydrogens is 446 g/mol. The van der Waals surface area contributed by atoms with E-state index in [1.807, 2.05) is 72.8 Å². The number of amides is 1. The molecule has 4 rings (SSSR count). The minimum Gasteiger partial charge on any atom is -0.481 e. The molecule has 0 spiro atoms. The van der Waals surface area contributed by atoms with Crippen molar-refractivity contribution in [2.24, 2.45) is 0 Å². The number of fused-ring (bicyclic) bond motifs is 1. The molecule has 3 aromatic carbocycles. The Morgan fingerprint density at radius 3 is 2.37 bits per heavy atom. The summed E-state index contributed by atoms with van der Waals surface area (Å²) < 4.78 is 1.72. The third-order valence-electron chi connectivity index (χ3n) is 5.46. The molecule has 35 heavy (non-hydrogen) atoms. The van der Waals surface area contributed by atoms with Crippen LogP contribution in [0.5, 0.6) is 0 Å². The van der Waals surface area contributed by atoms with Crippen LogP contribution in [-0.2, 0) is 14.4 Å². The van der Waals surface area contributed by atoms with E-state index >= 15 is 0 Å². The van der Waals surface area contributed by atoms with Gasteiger partial charge in [-0.05, 0) is 41.5 Å². The van der Waals surface area contributed by atoms with Crippen LogP contribution in [0.4, 0.5) is 0 Å². The maximum absolute atomic E-state index is 12.4. The quantitative estimate of drug-likeness (QED) is 0.317. The van der Waals surface area contributed by atoms with E-state index in [4.69, 9.17) is 10.2 Å². The minimum atomic E-state index is -1.30. The second kappa shape index (κ2) is 10.5. The first-order chi connectivity index (χ1) is 16.9. The Morgan fingerprint density at radius 2 is 1.66 bits per heavy atom. The van der Waals surface area contributed by atoms with Crippen LogP contribution in [-0.4, -0.2) is 43.9 Å². The summed E-state index contributed by atoms with van der Waals surface area (Å²) in [5, 5.41) is 27.3. The fraction of sp³-hybridized carbons (Fsp3) is 0.111. The number of carbonyl (C=O) groups is 3. The van der Waals surface area contributed by atoms with Crippen LogP contribution in [0, 0.1) is 0 Å². The topological polar surface area (TPSA) is 122 Å². The molecule has 0 aliphatic carbocycles. The van der Waals surface area contributed by atoms with E-state index in [2.05, 4.69) is 5.32 Å². The van der Waals surface area contributed by atoms with Crippen LogP contribution in [0.25, 0.3) is 33.8 Å². The van der Waals surface area contributed by atoms with E-state index < -0.39 is 23.9 Å². The predicted octanol–water partition coefficient (Wildman–Crippen LogP) is 4.14. The zero-order chi connectivity index (χ0) is 24.8. The number of carboxylic acid groups (broad SMARTS) is 2. The zero-order valence-electron chi connectivity index (χ0n) is 18.7. The summed E-state index contributed by atoms with van der Waals surface area (Å²) in [6.07, 6.45) is 4.02. The summed E-state index contributed by atoms with van der Waals surface area (Å²) >= 11 is 0. The van der Waals surface area contributed by atoms with E-state index in [-0.39, 0.29) is 12.8 Å². The van der Waals surface area contributed by atoms with Gasteiger partial charge in [-0.25, -0.2) is 9.48 Å². The Labute approximate surface area is 201 Å². The third-order valence-corrected chi connectivity index (χ3v) is 5.46. The number of rotatable bonds is 9. The Hall–Kier alpha value is -4.72. The van der Waals surface area contributed by atoms with E-state index in [9.17, 15) is 19.5 Å². The highest BCUT2D eigenvalue weighted by molar-refractivity contribution is 5.95. The SMILES string of the molecule is O=C(O)CC[C@H](NC(=O)C=Cc1cn(-c2ccccc2)nc1-c1ccc2ccccc2c1)C(=O)O. The number of benzene rings is 3. The summed E-state index contributed by atoms with van der Waals surface area (Å²) in [5.74, 6) is -3.06. The first-order valence-corrected chi connectivity index (χ1v) is 11.0. The lowest BCUT2D eigenvalue weighted by molar-refractivity contribution is -0.142. The highest BCUT2D eigenvalue weighted by Crippen LogP contribution is 2.28. The Kier molecular flexibility index (Phi) is 7.02. The molecule has 1 amide bonds. The monoisotopic (exact) mass is 469 g/mol. The van der Waals surface area contributed by atoms with Gasteiger partial charge < -0.3 is 15.5 Å². The third kappa shape index (κ3) is 5.80. The van der Waals surface area contributed by atoms with Crippen LogP contribution in [0.3, 0.4) is 0 Å². The second-order valence-corrected chi connectivity index (χ2v) is 7.94. The minimum absolute atomic E-state index is 0.210. The van der Waals surface area contributed by atoms with Gasteiger partial charge in [0.1, 0.15) is 6.04 Å². The van der Waals surface area contributed by atoms with Gasteiger partial charge in [-0.3, -0.25) is 9.59 Å². The van der Waals surface area contributed by atoms with Crippen molar-refractivity contribution in [3.8, 4) is 16.9 Å². The largest absolute Gasteiger partial charge is 0.481 e. The Morgan fingerprint density at radius 1 is 0.943 bits per heavy atom. The average molecular weight is 469 g/mol. The molecule has 0 bridgehead atoms. The van der Waals surface area contributed by atoms with Crippen molar-refractivity contribution in [1.29, 1.82) is 0 Å². The number of hydrogen-bond donors (Lipinski definition) is 3. The van der Waals surface area contributed by atoms with Gasteiger partial charge in [0, 0.05) is 29.8 Å². The normalized spacial score (nSPS) is 12.0. The Balaban J connectivity index is 1.65. The van der Waals surface area contributed by atoms with Crippen LogP contribution in [0.15, 0.2) is 85.1 Å². The standard InChI is InChI=1S/C27H23N3O5/c31-24(28-23(27(34)35)13-15-25(32)33)14-12-21-17-30(22-8-2-1-3-9-22)29-26(21)20-11-10-18-6-4-5-7-19(18)16-20/h1-12,14,16-17,23H,13,15H2,(H,28,31)(H,32,33)(H,34,35)/t23-/m0/s1. The van der Waals surface area contributed by atoms with Crippen molar-refractivity contribution in [2.75, 3.05) is 0 Å². The van der Waals surface area contributed by atoms with Crippen LogP contribution in [0.1, 0.15) is 18.4 Å². The average Bonchev–Trinajstić information content (AvgIpc) is 3.29. The molecule has 3 N–H and O–H groups in total. The molecule has 1 heterocycles. The molecule has 0 aliphatic rings. The van der Waals surface area contributed by atoms with Gasteiger partial charge in [0.2, 0.25) is 5.91 Å². The number of carboxylic acids is 2. The molecule has 8 nitrogen and oxygen atoms in total. The van der Waals surface area contributed by atoms with Crippen molar-refractivity contribution in [3.63, 3.8) is 0 Å². The van der Waals surface area contributed by atoms with Crippen molar-refractivity contribution >= 4 is 34.7 Å². The molecule has 1 aromatic heterocycles. The second-order valence-electron chi connectivity index (χ2n) is 7.94. The fourth-order valence-electron chi connectivity index (χ4n) is 3.69. The number of aliphatic carboxylic acids is 2.